The Hall–Kier alpha value is -3.48. The highest BCUT2D eigenvalue weighted by Crippen LogP contribution is 2.46. The predicted octanol–water partition coefficient (Wildman–Crippen LogP) is 5.48. The lowest BCUT2D eigenvalue weighted by Gasteiger charge is -2.09. The lowest BCUT2D eigenvalue weighted by Crippen LogP contribution is -2.18. The molecule has 6 nitrogen and oxygen atoms in total. The third-order valence-electron chi connectivity index (χ3n) is 8.52. The van der Waals surface area contributed by atoms with Crippen LogP contribution in [0.2, 0.25) is 0 Å². The maximum atomic E-state index is 4.64. The van der Waals surface area contributed by atoms with Crippen LogP contribution in [0.4, 0.5) is 0 Å². The number of hydrogen-bond donors (Lipinski definition) is 4. The number of hydrogen-bond acceptors (Lipinski definition) is 4. The molecular formula is C30H30N6. The Morgan fingerprint density at radius 3 is 1.42 bits per heavy atom. The Morgan fingerprint density at radius 1 is 0.583 bits per heavy atom. The first-order valence-corrected chi connectivity index (χ1v) is 13.3. The highest BCUT2D eigenvalue weighted by atomic mass is 15.1. The van der Waals surface area contributed by atoms with Gasteiger partial charge in [0.25, 0.3) is 0 Å². The molecule has 6 atom stereocenters. The molecule has 4 fully saturated rings. The van der Waals surface area contributed by atoms with Gasteiger partial charge < -0.3 is 20.6 Å². The van der Waals surface area contributed by atoms with Crippen molar-refractivity contribution < 1.29 is 0 Å². The van der Waals surface area contributed by atoms with Gasteiger partial charge in [0.15, 0.2) is 0 Å². The lowest BCUT2D eigenvalue weighted by atomic mass is 10.1. The van der Waals surface area contributed by atoms with Gasteiger partial charge >= 0.3 is 0 Å². The Bertz CT molecular complexity index is 1300. The summed E-state index contributed by atoms with van der Waals surface area (Å²) in [6.45, 7) is 0. The average molecular weight is 475 g/mol. The first-order chi connectivity index (χ1) is 17.7. The van der Waals surface area contributed by atoms with E-state index in [2.05, 4.69) is 91.3 Å². The summed E-state index contributed by atoms with van der Waals surface area (Å²) >= 11 is 0. The van der Waals surface area contributed by atoms with Gasteiger partial charge in [-0.1, -0.05) is 60.7 Å². The van der Waals surface area contributed by atoms with E-state index in [9.17, 15) is 0 Å². The van der Waals surface area contributed by atoms with Gasteiger partial charge in [0.05, 0.1) is 35.9 Å². The molecule has 36 heavy (non-hydrogen) atoms. The zero-order chi connectivity index (χ0) is 23.6. The van der Waals surface area contributed by atoms with E-state index < -0.39 is 0 Å². The molecule has 4 heterocycles. The van der Waals surface area contributed by atoms with E-state index in [1.807, 2.05) is 12.4 Å². The molecule has 2 aliphatic carbocycles. The van der Waals surface area contributed by atoms with Crippen molar-refractivity contribution >= 4 is 12.2 Å². The van der Waals surface area contributed by atoms with Crippen LogP contribution in [0.1, 0.15) is 60.5 Å². The summed E-state index contributed by atoms with van der Waals surface area (Å²) in [5, 5.41) is 7.34. The fraction of sp³-hybridized carbons (Fsp3) is 0.333. The summed E-state index contributed by atoms with van der Waals surface area (Å²) in [5.74, 6) is 3.88. The highest BCUT2D eigenvalue weighted by Gasteiger charge is 2.47. The van der Waals surface area contributed by atoms with E-state index >= 15 is 0 Å². The van der Waals surface area contributed by atoms with Crippen LogP contribution in [-0.2, 0) is 0 Å². The normalized spacial score (nSPS) is 30.0. The van der Waals surface area contributed by atoms with Crippen LogP contribution in [-0.4, -0.2) is 32.0 Å². The van der Waals surface area contributed by atoms with Crippen LogP contribution in [0.5, 0.6) is 0 Å². The van der Waals surface area contributed by atoms with E-state index in [-0.39, 0.29) is 0 Å². The van der Waals surface area contributed by atoms with Crippen LogP contribution in [0, 0.1) is 11.8 Å². The molecule has 6 heteroatoms. The van der Waals surface area contributed by atoms with Gasteiger partial charge in [-0.05, 0) is 59.8 Å². The average Bonchev–Trinajstić information content (AvgIpc) is 3.48. The molecule has 2 saturated carbocycles. The SMILES string of the molecule is C(=Cc1ccc(-c2cnc([C@@H]3C[C@H]4C[C@H]4N3)[nH]2)cc1)c1ccc(-c2cnc([C@@H]3C[C@H]4C[C@H]4N3)[nH]2)cc1. The number of piperidine rings is 2. The summed E-state index contributed by atoms with van der Waals surface area (Å²) in [4.78, 5) is 16.3. The molecule has 2 saturated heterocycles. The fourth-order valence-corrected chi connectivity index (χ4v) is 6.12. The molecule has 0 amide bonds. The quantitative estimate of drug-likeness (QED) is 0.279. The van der Waals surface area contributed by atoms with Crippen molar-refractivity contribution in [1.82, 2.24) is 30.6 Å². The Kier molecular flexibility index (Phi) is 4.61. The minimum absolute atomic E-state index is 0.390. The first-order valence-electron chi connectivity index (χ1n) is 13.3. The number of aromatic nitrogens is 4. The van der Waals surface area contributed by atoms with E-state index in [1.165, 1.54) is 47.9 Å². The van der Waals surface area contributed by atoms with Crippen molar-refractivity contribution in [3.8, 4) is 22.5 Å². The van der Waals surface area contributed by atoms with Crippen LogP contribution < -0.4 is 10.6 Å². The maximum absolute atomic E-state index is 4.64. The van der Waals surface area contributed by atoms with Crippen molar-refractivity contribution in [3.63, 3.8) is 0 Å². The van der Waals surface area contributed by atoms with Gasteiger partial charge in [0.1, 0.15) is 11.6 Å². The molecule has 8 rings (SSSR count). The van der Waals surface area contributed by atoms with Crippen molar-refractivity contribution in [2.45, 2.75) is 49.9 Å². The van der Waals surface area contributed by atoms with Gasteiger partial charge in [-0.2, -0.15) is 0 Å². The number of nitrogens with one attached hydrogen (secondary N) is 4. The van der Waals surface area contributed by atoms with E-state index in [4.69, 9.17) is 0 Å². The van der Waals surface area contributed by atoms with Crippen molar-refractivity contribution in [2.24, 2.45) is 11.8 Å². The van der Waals surface area contributed by atoms with Gasteiger partial charge in [0.2, 0.25) is 0 Å². The lowest BCUT2D eigenvalue weighted by molar-refractivity contribution is 0.543. The predicted molar refractivity (Wildman–Crippen MR) is 142 cm³/mol. The molecule has 0 bridgehead atoms. The number of nitrogens with zero attached hydrogens (tertiary/aromatic N) is 2. The van der Waals surface area contributed by atoms with Crippen LogP contribution >= 0.6 is 0 Å². The molecule has 180 valence electrons. The van der Waals surface area contributed by atoms with Gasteiger partial charge in [-0.3, -0.25) is 0 Å². The Labute approximate surface area is 210 Å². The highest BCUT2D eigenvalue weighted by molar-refractivity contribution is 5.72. The largest absolute Gasteiger partial charge is 0.341 e. The van der Waals surface area contributed by atoms with Crippen LogP contribution in [0.15, 0.2) is 60.9 Å². The third-order valence-corrected chi connectivity index (χ3v) is 8.52. The molecule has 0 spiro atoms. The van der Waals surface area contributed by atoms with Crippen LogP contribution in [0.25, 0.3) is 34.7 Å². The Morgan fingerprint density at radius 2 is 1.03 bits per heavy atom. The number of benzene rings is 2. The van der Waals surface area contributed by atoms with E-state index in [0.717, 1.165) is 47.0 Å². The second-order valence-corrected chi connectivity index (χ2v) is 11.1. The number of fused-ring (bicyclic) bond motifs is 2. The zero-order valence-electron chi connectivity index (χ0n) is 20.1. The number of aromatic amines is 2. The molecule has 2 aromatic heterocycles. The number of imidazole rings is 2. The maximum Gasteiger partial charge on any atom is 0.123 e. The topological polar surface area (TPSA) is 81.4 Å². The minimum atomic E-state index is 0.390. The monoisotopic (exact) mass is 474 g/mol. The summed E-state index contributed by atoms with van der Waals surface area (Å²) in [6.07, 6.45) is 13.4. The first kappa shape index (κ1) is 20.7. The fourth-order valence-electron chi connectivity index (χ4n) is 6.12. The zero-order valence-corrected chi connectivity index (χ0v) is 20.1. The van der Waals surface area contributed by atoms with E-state index in [0.29, 0.717) is 12.1 Å². The smallest absolute Gasteiger partial charge is 0.123 e. The Balaban J connectivity index is 0.915. The van der Waals surface area contributed by atoms with Crippen molar-refractivity contribution in [1.29, 1.82) is 0 Å². The molecule has 2 aliphatic heterocycles. The van der Waals surface area contributed by atoms with Crippen LogP contribution in [0.3, 0.4) is 0 Å². The standard InChI is InChI=1S/C30H30N6/c1(17-3-7-19(8-4-17)27-15-31-29(35-27)25-13-21-11-23(21)33-25)2-18-5-9-20(10-6-18)28-16-32-30(36-28)26-14-22-12-24(22)34-26/h1-10,15-16,21-26,33-34H,11-14H2,(H,31,35)(H,32,36)/t21-,22-,23-,24-,25+,26+/m1/s1. The van der Waals surface area contributed by atoms with Gasteiger partial charge in [-0.25, -0.2) is 9.97 Å². The van der Waals surface area contributed by atoms with Crippen molar-refractivity contribution in [3.05, 3.63) is 83.7 Å². The molecule has 0 unspecified atom stereocenters. The minimum Gasteiger partial charge on any atom is -0.341 e. The molecular weight excluding hydrogens is 444 g/mol. The second-order valence-electron chi connectivity index (χ2n) is 11.1. The van der Waals surface area contributed by atoms with Crippen molar-refractivity contribution in [2.75, 3.05) is 0 Å². The molecule has 4 N–H and O–H groups in total. The summed E-state index contributed by atoms with van der Waals surface area (Å²) in [5.41, 5.74) is 6.87. The van der Waals surface area contributed by atoms with E-state index in [1.54, 1.807) is 0 Å². The molecule has 4 aliphatic rings. The molecule has 2 aromatic carbocycles. The molecule has 0 radical (unpaired) electrons. The summed E-state index contributed by atoms with van der Waals surface area (Å²) < 4.78 is 0. The third kappa shape index (κ3) is 3.81. The second kappa shape index (κ2) is 8.02. The molecule has 4 aromatic rings. The van der Waals surface area contributed by atoms with Gasteiger partial charge in [-0.15, -0.1) is 0 Å². The number of H-pyrrole nitrogens is 2. The number of rotatable bonds is 6. The van der Waals surface area contributed by atoms with Gasteiger partial charge in [0, 0.05) is 12.1 Å². The summed E-state index contributed by atoms with van der Waals surface area (Å²) in [7, 11) is 0. The summed E-state index contributed by atoms with van der Waals surface area (Å²) in [6, 6.07) is 19.6.